The van der Waals surface area contributed by atoms with Crippen LogP contribution >= 0.6 is 0 Å². The van der Waals surface area contributed by atoms with E-state index in [1.54, 1.807) is 0 Å². The molecule has 2 amide bonds. The van der Waals surface area contributed by atoms with Crippen LogP contribution in [0.5, 0.6) is 0 Å². The first kappa shape index (κ1) is 19.2. The van der Waals surface area contributed by atoms with Gasteiger partial charge in [-0.3, -0.25) is 9.59 Å². The number of hydrogen-bond acceptors (Lipinski definition) is 2. The van der Waals surface area contributed by atoms with Crippen LogP contribution in [0, 0.1) is 5.41 Å². The first-order chi connectivity index (χ1) is 12.8. The highest BCUT2D eigenvalue weighted by molar-refractivity contribution is 5.82. The van der Waals surface area contributed by atoms with E-state index in [-0.39, 0.29) is 17.2 Å². The summed E-state index contributed by atoms with van der Waals surface area (Å²) in [5.74, 6) is 0.288. The van der Waals surface area contributed by atoms with E-state index >= 15 is 0 Å². The maximum absolute atomic E-state index is 12.6. The SMILES string of the molecule is CC(C)(C)C(=O)N1CCN(C(=O)Cc2ccc(-c3ccccc3)cc2)CC1. The van der Waals surface area contributed by atoms with Crippen molar-refractivity contribution < 1.29 is 9.59 Å². The van der Waals surface area contributed by atoms with E-state index in [2.05, 4.69) is 24.3 Å². The summed E-state index contributed by atoms with van der Waals surface area (Å²) >= 11 is 0. The Morgan fingerprint density at radius 2 is 1.30 bits per heavy atom. The lowest BCUT2D eigenvalue weighted by atomic mass is 9.94. The van der Waals surface area contributed by atoms with Crippen LogP contribution < -0.4 is 0 Å². The monoisotopic (exact) mass is 364 g/mol. The molecule has 0 N–H and O–H groups in total. The molecule has 2 aromatic carbocycles. The normalized spacial score (nSPS) is 14.9. The third kappa shape index (κ3) is 4.76. The summed E-state index contributed by atoms with van der Waals surface area (Å²) in [6.07, 6.45) is 0.405. The second-order valence-electron chi connectivity index (χ2n) is 8.16. The number of carbonyl (C=O) groups is 2. The quantitative estimate of drug-likeness (QED) is 0.835. The Labute approximate surface area is 161 Å². The minimum absolute atomic E-state index is 0.130. The van der Waals surface area contributed by atoms with Crippen LogP contribution in [-0.2, 0) is 16.0 Å². The Bertz CT molecular complexity index is 783. The van der Waals surface area contributed by atoms with Crippen molar-refractivity contribution in [2.45, 2.75) is 27.2 Å². The highest BCUT2D eigenvalue weighted by Gasteiger charge is 2.30. The van der Waals surface area contributed by atoms with Crippen molar-refractivity contribution in [1.29, 1.82) is 0 Å². The van der Waals surface area contributed by atoms with Gasteiger partial charge < -0.3 is 9.80 Å². The fraction of sp³-hybridized carbons (Fsp3) is 0.391. The van der Waals surface area contributed by atoms with E-state index < -0.39 is 0 Å². The molecule has 0 aromatic heterocycles. The van der Waals surface area contributed by atoms with E-state index in [4.69, 9.17) is 0 Å². The van der Waals surface area contributed by atoms with Gasteiger partial charge in [-0.2, -0.15) is 0 Å². The second kappa shape index (κ2) is 7.95. The third-order valence-electron chi connectivity index (χ3n) is 4.98. The van der Waals surface area contributed by atoms with Crippen molar-refractivity contribution in [2.24, 2.45) is 5.41 Å². The molecule has 0 spiro atoms. The minimum Gasteiger partial charge on any atom is -0.339 e. The topological polar surface area (TPSA) is 40.6 Å². The molecule has 1 aliphatic heterocycles. The van der Waals surface area contributed by atoms with Gasteiger partial charge in [0.2, 0.25) is 11.8 Å². The summed E-state index contributed by atoms with van der Waals surface area (Å²) in [7, 11) is 0. The average molecular weight is 364 g/mol. The summed E-state index contributed by atoms with van der Waals surface area (Å²) in [5, 5.41) is 0. The van der Waals surface area contributed by atoms with Crippen LogP contribution in [-0.4, -0.2) is 47.8 Å². The number of hydrogen-bond donors (Lipinski definition) is 0. The first-order valence-electron chi connectivity index (χ1n) is 9.56. The molecule has 0 radical (unpaired) electrons. The molecular weight excluding hydrogens is 336 g/mol. The predicted octanol–water partition coefficient (Wildman–Crippen LogP) is 3.61. The molecule has 0 unspecified atom stereocenters. The zero-order valence-corrected chi connectivity index (χ0v) is 16.4. The van der Waals surface area contributed by atoms with Crippen LogP contribution in [0.15, 0.2) is 54.6 Å². The average Bonchev–Trinajstić information content (AvgIpc) is 2.68. The Morgan fingerprint density at radius 1 is 0.778 bits per heavy atom. The smallest absolute Gasteiger partial charge is 0.228 e. The lowest BCUT2D eigenvalue weighted by Gasteiger charge is -2.37. The maximum atomic E-state index is 12.6. The zero-order valence-electron chi connectivity index (χ0n) is 16.4. The molecule has 142 valence electrons. The first-order valence-corrected chi connectivity index (χ1v) is 9.56. The fourth-order valence-corrected chi connectivity index (χ4v) is 3.37. The van der Waals surface area contributed by atoms with Crippen LogP contribution in [0.4, 0.5) is 0 Å². The summed E-state index contributed by atoms with van der Waals surface area (Å²) in [6.45, 7) is 8.28. The van der Waals surface area contributed by atoms with E-state index in [0.717, 1.165) is 11.1 Å². The molecule has 0 aliphatic carbocycles. The molecule has 4 nitrogen and oxygen atoms in total. The second-order valence-corrected chi connectivity index (χ2v) is 8.16. The Balaban J connectivity index is 1.55. The molecule has 27 heavy (non-hydrogen) atoms. The molecule has 1 aliphatic rings. The van der Waals surface area contributed by atoms with Crippen LogP contribution in [0.2, 0.25) is 0 Å². The van der Waals surface area contributed by atoms with Gasteiger partial charge in [-0.1, -0.05) is 75.4 Å². The highest BCUT2D eigenvalue weighted by Crippen LogP contribution is 2.21. The number of benzene rings is 2. The van der Waals surface area contributed by atoms with Crippen molar-refractivity contribution in [3.8, 4) is 11.1 Å². The van der Waals surface area contributed by atoms with Gasteiger partial charge in [0, 0.05) is 31.6 Å². The zero-order chi connectivity index (χ0) is 19.4. The summed E-state index contributed by atoms with van der Waals surface area (Å²) < 4.78 is 0. The van der Waals surface area contributed by atoms with Crippen molar-refractivity contribution in [3.05, 3.63) is 60.2 Å². The summed E-state index contributed by atoms with van der Waals surface area (Å²) in [4.78, 5) is 28.7. The standard InChI is InChI=1S/C23H28N2O2/c1-23(2,3)22(27)25-15-13-24(14-16-25)21(26)17-18-9-11-20(12-10-18)19-7-5-4-6-8-19/h4-12H,13-17H2,1-3H3. The van der Waals surface area contributed by atoms with Crippen LogP contribution in [0.1, 0.15) is 26.3 Å². The number of rotatable bonds is 3. The molecule has 1 saturated heterocycles. The molecule has 0 saturated carbocycles. The lowest BCUT2D eigenvalue weighted by molar-refractivity contribution is -0.144. The van der Waals surface area contributed by atoms with Gasteiger partial charge in [-0.15, -0.1) is 0 Å². The fourth-order valence-electron chi connectivity index (χ4n) is 3.37. The van der Waals surface area contributed by atoms with E-state index in [1.807, 2.05) is 60.9 Å². The lowest BCUT2D eigenvalue weighted by Crippen LogP contribution is -2.53. The predicted molar refractivity (Wildman–Crippen MR) is 108 cm³/mol. The Hall–Kier alpha value is -2.62. The van der Waals surface area contributed by atoms with E-state index in [1.165, 1.54) is 5.56 Å². The molecule has 4 heteroatoms. The van der Waals surface area contributed by atoms with Gasteiger partial charge in [0.15, 0.2) is 0 Å². The highest BCUT2D eigenvalue weighted by atomic mass is 16.2. The number of carbonyl (C=O) groups excluding carboxylic acids is 2. The molecule has 0 atom stereocenters. The van der Waals surface area contributed by atoms with Gasteiger partial charge in [0.05, 0.1) is 6.42 Å². The third-order valence-corrected chi connectivity index (χ3v) is 4.98. The largest absolute Gasteiger partial charge is 0.339 e. The van der Waals surface area contributed by atoms with Gasteiger partial charge >= 0.3 is 0 Å². The molecule has 2 aromatic rings. The van der Waals surface area contributed by atoms with Gasteiger partial charge in [0.25, 0.3) is 0 Å². The van der Waals surface area contributed by atoms with Gasteiger partial charge in [-0.05, 0) is 16.7 Å². The van der Waals surface area contributed by atoms with E-state index in [0.29, 0.717) is 32.6 Å². The number of piperazine rings is 1. The maximum Gasteiger partial charge on any atom is 0.228 e. The molecule has 1 heterocycles. The van der Waals surface area contributed by atoms with Gasteiger partial charge in [0.1, 0.15) is 0 Å². The molecule has 3 rings (SSSR count). The summed E-state index contributed by atoms with van der Waals surface area (Å²) in [5.41, 5.74) is 2.98. The molecular formula is C23H28N2O2. The number of amides is 2. The van der Waals surface area contributed by atoms with Crippen molar-refractivity contribution >= 4 is 11.8 Å². The van der Waals surface area contributed by atoms with Crippen LogP contribution in [0.3, 0.4) is 0 Å². The van der Waals surface area contributed by atoms with Gasteiger partial charge in [-0.25, -0.2) is 0 Å². The van der Waals surface area contributed by atoms with Crippen molar-refractivity contribution in [2.75, 3.05) is 26.2 Å². The Morgan fingerprint density at radius 3 is 1.85 bits per heavy atom. The number of nitrogens with zero attached hydrogens (tertiary/aromatic N) is 2. The van der Waals surface area contributed by atoms with E-state index in [9.17, 15) is 9.59 Å². The van der Waals surface area contributed by atoms with Crippen molar-refractivity contribution in [3.63, 3.8) is 0 Å². The molecule has 0 bridgehead atoms. The molecule has 1 fully saturated rings. The Kier molecular flexibility index (Phi) is 5.64. The minimum atomic E-state index is -0.368. The van der Waals surface area contributed by atoms with Crippen molar-refractivity contribution in [1.82, 2.24) is 9.80 Å². The van der Waals surface area contributed by atoms with Crippen LogP contribution in [0.25, 0.3) is 11.1 Å². The summed E-state index contributed by atoms with van der Waals surface area (Å²) in [6, 6.07) is 18.4.